The highest BCUT2D eigenvalue weighted by atomic mass is 32.2. The van der Waals surface area contributed by atoms with Crippen LogP contribution in [0.25, 0.3) is 11.3 Å². The predicted molar refractivity (Wildman–Crippen MR) is 135 cm³/mol. The van der Waals surface area contributed by atoms with Gasteiger partial charge >= 0.3 is 0 Å². The van der Waals surface area contributed by atoms with E-state index in [0.717, 1.165) is 28.1 Å². The number of nitrogens with one attached hydrogen (secondary N) is 1. The summed E-state index contributed by atoms with van der Waals surface area (Å²) in [5.74, 6) is 0.480. The van der Waals surface area contributed by atoms with Crippen molar-refractivity contribution in [3.05, 3.63) is 70.9 Å². The zero-order valence-electron chi connectivity index (χ0n) is 19.2. The topological polar surface area (TPSA) is 89.9 Å². The molecule has 1 amide bonds. The molecule has 1 N–H and O–H groups in total. The minimum absolute atomic E-state index is 0.162. The number of nitrogens with zero attached hydrogens (tertiary/aromatic N) is 4. The predicted octanol–water partition coefficient (Wildman–Crippen LogP) is 5.93. The number of hydrogen-bond donors (Lipinski definition) is 1. The molecule has 4 heterocycles. The minimum atomic E-state index is -0.848. The number of fused-ring (bicyclic) bond motifs is 2. The van der Waals surface area contributed by atoms with Crippen LogP contribution in [0.5, 0.6) is 11.8 Å². The highest BCUT2D eigenvalue weighted by Crippen LogP contribution is 2.51. The number of aryl methyl sites for hydroxylation is 1. The number of pyridine rings is 2. The van der Waals surface area contributed by atoms with Gasteiger partial charge in [0.1, 0.15) is 5.51 Å². The van der Waals surface area contributed by atoms with E-state index in [1.165, 1.54) is 16.2 Å². The van der Waals surface area contributed by atoms with Crippen molar-refractivity contribution in [2.75, 3.05) is 11.6 Å². The van der Waals surface area contributed by atoms with Crippen molar-refractivity contribution in [2.45, 2.75) is 31.6 Å². The third-order valence-corrected chi connectivity index (χ3v) is 7.36. The number of carbonyl (C=O) groups excluding carboxylic acids is 1. The number of ether oxygens (including phenoxy) is 1. The second-order valence-electron chi connectivity index (χ2n) is 8.62. The molecule has 3 aromatic heterocycles. The van der Waals surface area contributed by atoms with Crippen LogP contribution in [0.4, 0.5) is 5.13 Å². The fourth-order valence-electron chi connectivity index (χ4n) is 4.17. The Morgan fingerprint density at radius 1 is 1.03 bits per heavy atom. The second kappa shape index (κ2) is 8.81. The Labute approximate surface area is 206 Å². The van der Waals surface area contributed by atoms with Crippen molar-refractivity contribution >= 4 is 34.1 Å². The van der Waals surface area contributed by atoms with Crippen LogP contribution in [0.3, 0.4) is 0 Å². The quantitative estimate of drug-likeness (QED) is 0.348. The van der Waals surface area contributed by atoms with Crippen LogP contribution in [0.15, 0.2) is 58.9 Å². The van der Waals surface area contributed by atoms with Gasteiger partial charge in [-0.2, -0.15) is 0 Å². The fraction of sp³-hybridized carbons (Fsp3) is 0.240. The van der Waals surface area contributed by atoms with Crippen LogP contribution in [0.1, 0.15) is 36.6 Å². The van der Waals surface area contributed by atoms with Crippen LogP contribution in [0.2, 0.25) is 0 Å². The normalized spacial score (nSPS) is 14.6. The van der Waals surface area contributed by atoms with E-state index < -0.39 is 5.41 Å². The zero-order valence-corrected chi connectivity index (χ0v) is 20.8. The second-order valence-corrected chi connectivity index (χ2v) is 10.3. The van der Waals surface area contributed by atoms with E-state index in [0.29, 0.717) is 16.9 Å². The van der Waals surface area contributed by atoms with Gasteiger partial charge in [0.2, 0.25) is 22.8 Å². The van der Waals surface area contributed by atoms with Crippen LogP contribution in [0, 0.1) is 12.3 Å². The molecule has 1 atom stereocenters. The van der Waals surface area contributed by atoms with Crippen molar-refractivity contribution in [1.82, 2.24) is 20.2 Å². The van der Waals surface area contributed by atoms with Gasteiger partial charge in [-0.15, -0.1) is 22.0 Å². The molecule has 0 fully saturated rings. The Bertz CT molecular complexity index is 1350. The summed E-state index contributed by atoms with van der Waals surface area (Å²) in [6.45, 7) is 5.75. The first kappa shape index (κ1) is 22.5. The number of benzene rings is 1. The van der Waals surface area contributed by atoms with Crippen molar-refractivity contribution in [1.29, 1.82) is 0 Å². The van der Waals surface area contributed by atoms with E-state index >= 15 is 0 Å². The summed E-state index contributed by atoms with van der Waals surface area (Å²) in [6.07, 6.45) is 2.05. The molecular formula is C25H23N5O2S2. The number of amides is 1. The standard InChI is InChI=1S/C25H23N5O2S2/c1-14-5-10-17-20(25(2,3)23(31)29-24-30-26-13-34-24)18-11-12-19(28-22(18)32-21(17)27-14)15-6-8-16(33-4)9-7-15/h5-13,20H,1-4H3,(H,29,30,31)/t20-/m0/s1. The van der Waals surface area contributed by atoms with Gasteiger partial charge in [0.15, 0.2) is 0 Å². The Morgan fingerprint density at radius 3 is 2.41 bits per heavy atom. The lowest BCUT2D eigenvalue weighted by Crippen LogP contribution is -2.38. The van der Waals surface area contributed by atoms with Gasteiger partial charge < -0.3 is 10.1 Å². The van der Waals surface area contributed by atoms with Crippen molar-refractivity contribution in [3.63, 3.8) is 0 Å². The SMILES string of the molecule is CSc1ccc(-c2ccc3c(n2)Oc2nc(C)ccc2[C@@H]3C(C)(C)C(=O)Nc2nncs2)cc1. The Hall–Kier alpha value is -3.30. The van der Waals surface area contributed by atoms with Gasteiger partial charge in [-0.1, -0.05) is 49.4 Å². The first-order chi connectivity index (χ1) is 16.4. The molecule has 0 saturated heterocycles. The lowest BCUT2D eigenvalue weighted by molar-refractivity contribution is -0.124. The lowest BCUT2D eigenvalue weighted by Gasteiger charge is -2.37. The number of thioether (sulfide) groups is 1. The molecule has 34 heavy (non-hydrogen) atoms. The van der Waals surface area contributed by atoms with Gasteiger partial charge in [-0.05, 0) is 37.4 Å². The average molecular weight is 490 g/mol. The molecule has 5 rings (SSSR count). The molecule has 0 bridgehead atoms. The molecule has 0 spiro atoms. The Morgan fingerprint density at radius 2 is 1.74 bits per heavy atom. The number of aromatic nitrogens is 4. The summed E-state index contributed by atoms with van der Waals surface area (Å²) in [7, 11) is 0. The lowest BCUT2D eigenvalue weighted by atomic mass is 9.70. The molecule has 4 aromatic rings. The van der Waals surface area contributed by atoms with Crippen LogP contribution < -0.4 is 10.1 Å². The largest absolute Gasteiger partial charge is 0.420 e. The molecule has 0 unspecified atom stereocenters. The molecule has 0 aliphatic carbocycles. The molecule has 7 nitrogen and oxygen atoms in total. The zero-order chi connectivity index (χ0) is 23.9. The number of carbonyl (C=O) groups is 1. The summed E-state index contributed by atoms with van der Waals surface area (Å²) >= 11 is 2.98. The van der Waals surface area contributed by atoms with E-state index in [-0.39, 0.29) is 11.8 Å². The van der Waals surface area contributed by atoms with Gasteiger partial charge in [-0.25, -0.2) is 9.97 Å². The maximum Gasteiger partial charge on any atom is 0.232 e. The fourth-order valence-corrected chi connectivity index (χ4v) is 5.02. The summed E-state index contributed by atoms with van der Waals surface area (Å²) in [4.78, 5) is 24.1. The number of hydrogen-bond acceptors (Lipinski definition) is 8. The van der Waals surface area contributed by atoms with Gasteiger partial charge in [0, 0.05) is 33.2 Å². The molecule has 0 radical (unpaired) electrons. The van der Waals surface area contributed by atoms with E-state index in [9.17, 15) is 4.79 Å². The summed E-state index contributed by atoms with van der Waals surface area (Å²) in [5.41, 5.74) is 5.08. The third-order valence-electron chi connectivity index (χ3n) is 6.01. The Balaban J connectivity index is 1.58. The van der Waals surface area contributed by atoms with Crippen LogP contribution in [-0.2, 0) is 4.79 Å². The highest BCUT2D eigenvalue weighted by Gasteiger charge is 2.45. The molecule has 1 aliphatic rings. The number of anilines is 1. The average Bonchev–Trinajstić information content (AvgIpc) is 3.35. The van der Waals surface area contributed by atoms with Crippen molar-refractivity contribution in [3.8, 4) is 23.0 Å². The molecule has 9 heteroatoms. The first-order valence-electron chi connectivity index (χ1n) is 10.7. The van der Waals surface area contributed by atoms with Gasteiger partial charge in [0.25, 0.3) is 0 Å². The van der Waals surface area contributed by atoms with Gasteiger partial charge in [-0.3, -0.25) is 4.79 Å². The van der Waals surface area contributed by atoms with E-state index in [1.54, 1.807) is 17.3 Å². The van der Waals surface area contributed by atoms with E-state index in [2.05, 4.69) is 51.0 Å². The first-order valence-corrected chi connectivity index (χ1v) is 12.9. The summed E-state index contributed by atoms with van der Waals surface area (Å²) < 4.78 is 6.20. The maximum absolute atomic E-state index is 13.4. The highest BCUT2D eigenvalue weighted by molar-refractivity contribution is 7.98. The van der Waals surface area contributed by atoms with E-state index in [1.807, 2.05) is 45.0 Å². The monoisotopic (exact) mass is 489 g/mol. The van der Waals surface area contributed by atoms with Crippen molar-refractivity contribution in [2.24, 2.45) is 5.41 Å². The summed E-state index contributed by atoms with van der Waals surface area (Å²) in [6, 6.07) is 16.2. The maximum atomic E-state index is 13.4. The minimum Gasteiger partial charge on any atom is -0.420 e. The van der Waals surface area contributed by atoms with Crippen molar-refractivity contribution < 1.29 is 9.53 Å². The third kappa shape index (κ3) is 4.05. The van der Waals surface area contributed by atoms with Crippen LogP contribution >= 0.6 is 23.1 Å². The molecule has 172 valence electrons. The Kier molecular flexibility index (Phi) is 5.83. The van der Waals surface area contributed by atoms with Crippen LogP contribution in [-0.4, -0.2) is 32.3 Å². The van der Waals surface area contributed by atoms with E-state index in [4.69, 9.17) is 9.72 Å². The molecule has 1 aliphatic heterocycles. The molecular weight excluding hydrogens is 466 g/mol. The van der Waals surface area contributed by atoms with Gasteiger partial charge in [0.05, 0.1) is 11.1 Å². The summed E-state index contributed by atoms with van der Waals surface area (Å²) in [5, 5.41) is 11.1. The molecule has 1 aromatic carbocycles. The smallest absolute Gasteiger partial charge is 0.232 e. The number of rotatable bonds is 5. The molecule has 0 saturated carbocycles.